The molecule has 2 amide bonds. The number of rotatable bonds is 1. The molecule has 142 valence electrons. The van der Waals surface area contributed by atoms with Crippen LogP contribution in [0.3, 0.4) is 0 Å². The summed E-state index contributed by atoms with van der Waals surface area (Å²) in [5.74, 6) is 1.31. The maximum absolute atomic E-state index is 12.2. The highest BCUT2D eigenvalue weighted by molar-refractivity contribution is 5.93. The summed E-state index contributed by atoms with van der Waals surface area (Å²) in [5, 5.41) is 0. The SMILES string of the molecule is CC(=O)N(C(C)=O)C1CCC2=C3CCC4CCC=C[C@]4(C)[C@@H]3CC[C@@]21C. The predicted octanol–water partition coefficient (Wildman–Crippen LogP) is 5.02. The Bertz CT molecular complexity index is 691. The highest BCUT2D eigenvalue weighted by atomic mass is 16.2. The molecule has 5 atom stereocenters. The van der Waals surface area contributed by atoms with E-state index in [0.717, 1.165) is 25.2 Å². The second kappa shape index (κ2) is 6.07. The van der Waals surface area contributed by atoms with Gasteiger partial charge in [-0.1, -0.05) is 37.1 Å². The topological polar surface area (TPSA) is 37.4 Å². The Morgan fingerprint density at radius 1 is 1.04 bits per heavy atom. The first-order chi connectivity index (χ1) is 12.3. The molecule has 0 aromatic carbocycles. The maximum atomic E-state index is 12.2. The quantitative estimate of drug-likeness (QED) is 0.619. The lowest BCUT2D eigenvalue weighted by molar-refractivity contribution is -0.147. The molecule has 2 saturated carbocycles. The van der Waals surface area contributed by atoms with Crippen LogP contribution in [-0.4, -0.2) is 22.8 Å². The van der Waals surface area contributed by atoms with Gasteiger partial charge in [-0.2, -0.15) is 0 Å². The monoisotopic (exact) mass is 355 g/mol. The van der Waals surface area contributed by atoms with Crippen LogP contribution >= 0.6 is 0 Å². The van der Waals surface area contributed by atoms with Gasteiger partial charge in [0.1, 0.15) is 0 Å². The number of imide groups is 1. The minimum Gasteiger partial charge on any atom is -0.279 e. The van der Waals surface area contributed by atoms with Crippen molar-refractivity contribution in [1.82, 2.24) is 4.90 Å². The average Bonchev–Trinajstić information content (AvgIpc) is 2.91. The maximum Gasteiger partial charge on any atom is 0.226 e. The zero-order valence-corrected chi connectivity index (χ0v) is 16.8. The zero-order valence-electron chi connectivity index (χ0n) is 16.8. The second-order valence-corrected chi connectivity index (χ2v) is 9.56. The van der Waals surface area contributed by atoms with Crippen molar-refractivity contribution in [3.63, 3.8) is 0 Å². The molecule has 3 heteroatoms. The normalized spacial score (nSPS) is 41.3. The molecule has 2 fully saturated rings. The lowest BCUT2D eigenvalue weighted by Crippen LogP contribution is -2.51. The van der Waals surface area contributed by atoms with E-state index in [9.17, 15) is 9.59 Å². The van der Waals surface area contributed by atoms with Crippen LogP contribution in [0, 0.1) is 22.7 Å². The van der Waals surface area contributed by atoms with Crippen molar-refractivity contribution < 1.29 is 9.59 Å². The molecule has 4 aliphatic carbocycles. The molecule has 4 rings (SSSR count). The van der Waals surface area contributed by atoms with Gasteiger partial charge in [-0.25, -0.2) is 0 Å². The molecule has 0 spiro atoms. The summed E-state index contributed by atoms with van der Waals surface area (Å²) in [6.45, 7) is 7.90. The number of hydrogen-bond acceptors (Lipinski definition) is 2. The molecule has 0 saturated heterocycles. The molecule has 3 nitrogen and oxygen atoms in total. The number of fused-ring (bicyclic) bond motifs is 4. The van der Waals surface area contributed by atoms with Crippen molar-refractivity contribution >= 4 is 11.8 Å². The van der Waals surface area contributed by atoms with Crippen molar-refractivity contribution in [2.24, 2.45) is 22.7 Å². The first kappa shape index (κ1) is 18.0. The van der Waals surface area contributed by atoms with E-state index in [-0.39, 0.29) is 23.3 Å². The van der Waals surface area contributed by atoms with Crippen LogP contribution in [-0.2, 0) is 9.59 Å². The first-order valence-corrected chi connectivity index (χ1v) is 10.5. The second-order valence-electron chi connectivity index (χ2n) is 9.56. The van der Waals surface area contributed by atoms with Gasteiger partial charge in [0.05, 0.1) is 0 Å². The van der Waals surface area contributed by atoms with E-state index in [4.69, 9.17) is 0 Å². The number of carbonyl (C=O) groups excluding carboxylic acids is 2. The molecular formula is C23H33NO2. The van der Waals surface area contributed by atoms with Gasteiger partial charge in [-0.3, -0.25) is 14.5 Å². The lowest BCUT2D eigenvalue weighted by Gasteiger charge is -2.54. The molecule has 0 heterocycles. The summed E-state index contributed by atoms with van der Waals surface area (Å²) < 4.78 is 0. The largest absolute Gasteiger partial charge is 0.279 e. The van der Waals surface area contributed by atoms with Gasteiger partial charge in [-0.05, 0) is 68.6 Å². The first-order valence-electron chi connectivity index (χ1n) is 10.5. The van der Waals surface area contributed by atoms with E-state index in [2.05, 4.69) is 26.0 Å². The van der Waals surface area contributed by atoms with E-state index in [1.165, 1.54) is 32.1 Å². The predicted molar refractivity (Wildman–Crippen MR) is 103 cm³/mol. The van der Waals surface area contributed by atoms with E-state index in [0.29, 0.717) is 11.3 Å². The molecule has 0 aromatic heterocycles. The third kappa shape index (κ3) is 2.38. The van der Waals surface area contributed by atoms with E-state index < -0.39 is 0 Å². The van der Waals surface area contributed by atoms with Crippen molar-refractivity contribution in [2.45, 2.75) is 85.1 Å². The van der Waals surface area contributed by atoms with Gasteiger partial charge in [0, 0.05) is 25.3 Å². The van der Waals surface area contributed by atoms with Gasteiger partial charge >= 0.3 is 0 Å². The van der Waals surface area contributed by atoms with Crippen LogP contribution in [0.1, 0.15) is 79.1 Å². The number of amides is 2. The summed E-state index contributed by atoms with van der Waals surface area (Å²) in [6, 6.07) is 0.0494. The smallest absolute Gasteiger partial charge is 0.226 e. The van der Waals surface area contributed by atoms with Crippen LogP contribution in [0.25, 0.3) is 0 Å². The third-order valence-corrected chi connectivity index (χ3v) is 8.39. The van der Waals surface area contributed by atoms with Gasteiger partial charge < -0.3 is 0 Å². The van der Waals surface area contributed by atoms with Crippen LogP contribution in [0.2, 0.25) is 0 Å². The summed E-state index contributed by atoms with van der Waals surface area (Å²) in [5.41, 5.74) is 3.60. The molecule has 0 N–H and O–H groups in total. The highest BCUT2D eigenvalue weighted by Gasteiger charge is 2.55. The Morgan fingerprint density at radius 3 is 2.46 bits per heavy atom. The molecular weight excluding hydrogens is 322 g/mol. The summed E-state index contributed by atoms with van der Waals surface area (Å²) in [4.78, 5) is 25.9. The van der Waals surface area contributed by atoms with Gasteiger partial charge in [-0.15, -0.1) is 0 Å². The average molecular weight is 356 g/mol. The molecule has 2 unspecified atom stereocenters. The highest BCUT2D eigenvalue weighted by Crippen LogP contribution is 2.63. The molecule has 4 aliphatic rings. The Labute approximate surface area is 157 Å². The summed E-state index contributed by atoms with van der Waals surface area (Å²) >= 11 is 0. The fraction of sp³-hybridized carbons (Fsp3) is 0.739. The molecule has 0 bridgehead atoms. The van der Waals surface area contributed by atoms with E-state index in [1.807, 2.05) is 0 Å². The van der Waals surface area contributed by atoms with E-state index in [1.54, 1.807) is 29.9 Å². The van der Waals surface area contributed by atoms with Crippen LogP contribution in [0.4, 0.5) is 0 Å². The van der Waals surface area contributed by atoms with Gasteiger partial charge in [0.2, 0.25) is 11.8 Å². The number of nitrogens with zero attached hydrogens (tertiary/aromatic N) is 1. The van der Waals surface area contributed by atoms with Gasteiger partial charge in [0.25, 0.3) is 0 Å². The zero-order chi connectivity index (χ0) is 18.7. The van der Waals surface area contributed by atoms with Crippen molar-refractivity contribution in [2.75, 3.05) is 0 Å². The Balaban J connectivity index is 1.74. The number of hydrogen-bond donors (Lipinski definition) is 0. The Morgan fingerprint density at radius 2 is 1.77 bits per heavy atom. The molecule has 0 aliphatic heterocycles. The van der Waals surface area contributed by atoms with Crippen molar-refractivity contribution in [3.05, 3.63) is 23.3 Å². The molecule has 0 aromatic rings. The Kier molecular flexibility index (Phi) is 4.20. The van der Waals surface area contributed by atoms with Crippen LogP contribution in [0.5, 0.6) is 0 Å². The lowest BCUT2D eigenvalue weighted by atomic mass is 9.51. The van der Waals surface area contributed by atoms with Crippen LogP contribution in [0.15, 0.2) is 23.3 Å². The van der Waals surface area contributed by atoms with Crippen molar-refractivity contribution in [3.8, 4) is 0 Å². The fourth-order valence-electron chi connectivity index (χ4n) is 7.11. The third-order valence-electron chi connectivity index (χ3n) is 8.39. The minimum atomic E-state index is -0.0945. The Hall–Kier alpha value is -1.38. The van der Waals surface area contributed by atoms with Gasteiger partial charge in [0.15, 0.2) is 0 Å². The standard InChI is InChI=1S/C23H33NO2/c1-15(25)24(16(2)26)21-11-10-19-18-9-8-17-7-5-6-13-22(17,3)20(18)12-14-23(19,21)4/h6,13,17,20-21H,5,7-12,14H2,1-4H3/t17?,20-,21?,22+,23+/m1/s1. The summed E-state index contributed by atoms with van der Waals surface area (Å²) in [6.07, 6.45) is 14.4. The molecule has 0 radical (unpaired) electrons. The fourth-order valence-corrected chi connectivity index (χ4v) is 7.11. The van der Waals surface area contributed by atoms with Crippen molar-refractivity contribution in [1.29, 1.82) is 0 Å². The van der Waals surface area contributed by atoms with E-state index >= 15 is 0 Å². The number of carbonyl (C=O) groups is 2. The minimum absolute atomic E-state index is 0.00918. The molecule has 26 heavy (non-hydrogen) atoms. The summed E-state index contributed by atoms with van der Waals surface area (Å²) in [7, 11) is 0. The number of allylic oxidation sites excluding steroid dienone is 3. The van der Waals surface area contributed by atoms with Crippen LogP contribution < -0.4 is 0 Å².